The summed E-state index contributed by atoms with van der Waals surface area (Å²) >= 11 is 6.05. The third kappa shape index (κ3) is 3.35. The maximum absolute atomic E-state index is 12.7. The van der Waals surface area contributed by atoms with Gasteiger partial charge in [-0.3, -0.25) is 14.9 Å². The van der Waals surface area contributed by atoms with E-state index in [1.807, 2.05) is 6.92 Å². The molecule has 0 aromatic heterocycles. The van der Waals surface area contributed by atoms with Gasteiger partial charge in [-0.05, 0) is 25.8 Å². The van der Waals surface area contributed by atoms with Gasteiger partial charge in [0.15, 0.2) is 0 Å². The van der Waals surface area contributed by atoms with Gasteiger partial charge in [-0.25, -0.2) is 0 Å². The molecule has 1 aromatic carbocycles. The molecule has 114 valence electrons. The number of carbonyl (C=O) groups excluding carboxylic acids is 1. The number of nitro groups is 1. The van der Waals surface area contributed by atoms with E-state index in [4.69, 9.17) is 11.6 Å². The van der Waals surface area contributed by atoms with Gasteiger partial charge in [0.1, 0.15) is 5.02 Å². The SMILES string of the molecule is CCN(C(=O)c1cccc([N+](=O)[O-])c1Cl)C1CCCCC1. The van der Waals surface area contributed by atoms with Crippen LogP contribution in [0.15, 0.2) is 18.2 Å². The Morgan fingerprint density at radius 2 is 2.05 bits per heavy atom. The Labute approximate surface area is 129 Å². The minimum absolute atomic E-state index is 0.0678. The summed E-state index contributed by atoms with van der Waals surface area (Å²) in [6.45, 7) is 2.51. The summed E-state index contributed by atoms with van der Waals surface area (Å²) in [5.41, 5.74) is 0.000467. The van der Waals surface area contributed by atoms with Crippen LogP contribution in [0.4, 0.5) is 5.69 Å². The fourth-order valence-electron chi connectivity index (χ4n) is 2.94. The molecule has 0 heterocycles. The number of halogens is 1. The Kier molecular flexibility index (Phi) is 5.17. The van der Waals surface area contributed by atoms with Crippen LogP contribution in [0.1, 0.15) is 49.4 Å². The molecule has 0 atom stereocenters. The summed E-state index contributed by atoms with van der Waals surface area (Å²) in [6.07, 6.45) is 5.44. The molecule has 1 aromatic rings. The third-order valence-electron chi connectivity index (χ3n) is 4.02. The smallest absolute Gasteiger partial charge is 0.288 e. The van der Waals surface area contributed by atoms with E-state index in [0.717, 1.165) is 25.7 Å². The van der Waals surface area contributed by atoms with Crippen LogP contribution in [0, 0.1) is 10.1 Å². The van der Waals surface area contributed by atoms with Gasteiger partial charge in [-0.2, -0.15) is 0 Å². The molecule has 5 nitrogen and oxygen atoms in total. The zero-order valence-corrected chi connectivity index (χ0v) is 12.8. The molecule has 1 amide bonds. The third-order valence-corrected chi connectivity index (χ3v) is 4.42. The Morgan fingerprint density at radius 1 is 1.38 bits per heavy atom. The van der Waals surface area contributed by atoms with Crippen LogP contribution in [0.5, 0.6) is 0 Å². The van der Waals surface area contributed by atoms with Crippen molar-refractivity contribution in [3.63, 3.8) is 0 Å². The highest BCUT2D eigenvalue weighted by Gasteiger charge is 2.28. The zero-order chi connectivity index (χ0) is 15.4. The van der Waals surface area contributed by atoms with E-state index in [1.54, 1.807) is 11.0 Å². The van der Waals surface area contributed by atoms with Crippen molar-refractivity contribution in [2.75, 3.05) is 6.54 Å². The average Bonchev–Trinajstić information content (AvgIpc) is 2.49. The number of nitro benzene ring substituents is 1. The van der Waals surface area contributed by atoms with Crippen LogP contribution in [-0.4, -0.2) is 28.3 Å². The van der Waals surface area contributed by atoms with Crippen molar-refractivity contribution in [3.05, 3.63) is 38.9 Å². The van der Waals surface area contributed by atoms with Crippen molar-refractivity contribution in [2.24, 2.45) is 0 Å². The molecule has 1 fully saturated rings. The van der Waals surface area contributed by atoms with Crippen LogP contribution < -0.4 is 0 Å². The van der Waals surface area contributed by atoms with Gasteiger partial charge in [0.05, 0.1) is 10.5 Å². The van der Waals surface area contributed by atoms with E-state index in [-0.39, 0.29) is 28.2 Å². The van der Waals surface area contributed by atoms with Crippen molar-refractivity contribution in [3.8, 4) is 0 Å². The molecule has 0 spiro atoms. The predicted molar refractivity (Wildman–Crippen MR) is 81.7 cm³/mol. The monoisotopic (exact) mass is 310 g/mol. The van der Waals surface area contributed by atoms with E-state index < -0.39 is 4.92 Å². The highest BCUT2D eigenvalue weighted by Crippen LogP contribution is 2.30. The number of rotatable bonds is 4. The number of carbonyl (C=O) groups is 1. The van der Waals surface area contributed by atoms with Crippen LogP contribution >= 0.6 is 11.6 Å². The molecule has 0 bridgehead atoms. The van der Waals surface area contributed by atoms with E-state index in [0.29, 0.717) is 6.54 Å². The summed E-state index contributed by atoms with van der Waals surface area (Å²) in [6, 6.07) is 4.59. The molecule has 0 N–H and O–H groups in total. The largest absolute Gasteiger partial charge is 0.336 e. The predicted octanol–water partition coefficient (Wildman–Crippen LogP) is 4.04. The molecule has 0 saturated heterocycles. The molecule has 21 heavy (non-hydrogen) atoms. The van der Waals surface area contributed by atoms with Gasteiger partial charge in [0, 0.05) is 18.7 Å². The average molecular weight is 311 g/mol. The van der Waals surface area contributed by atoms with Crippen LogP contribution in [-0.2, 0) is 0 Å². The number of hydrogen-bond acceptors (Lipinski definition) is 3. The summed E-state index contributed by atoms with van der Waals surface area (Å²) in [4.78, 5) is 24.9. The van der Waals surface area contributed by atoms with Gasteiger partial charge in [0.25, 0.3) is 11.6 Å². The van der Waals surface area contributed by atoms with E-state index >= 15 is 0 Å². The Bertz CT molecular complexity index is 542. The van der Waals surface area contributed by atoms with Crippen molar-refractivity contribution in [1.29, 1.82) is 0 Å². The molecule has 0 radical (unpaired) electrons. The first kappa shape index (κ1) is 15.8. The quantitative estimate of drug-likeness (QED) is 0.622. The first-order valence-corrected chi connectivity index (χ1v) is 7.68. The van der Waals surface area contributed by atoms with E-state index in [2.05, 4.69) is 0 Å². The second kappa shape index (κ2) is 6.89. The number of amides is 1. The second-order valence-corrected chi connectivity index (χ2v) is 5.66. The first-order valence-electron chi connectivity index (χ1n) is 7.30. The molecular formula is C15H19ClN2O3. The highest BCUT2D eigenvalue weighted by atomic mass is 35.5. The first-order chi connectivity index (χ1) is 10.1. The van der Waals surface area contributed by atoms with Crippen molar-refractivity contribution >= 4 is 23.2 Å². The molecule has 1 aliphatic carbocycles. The van der Waals surface area contributed by atoms with E-state index in [1.165, 1.54) is 18.6 Å². The van der Waals surface area contributed by atoms with Gasteiger partial charge in [-0.15, -0.1) is 0 Å². The lowest BCUT2D eigenvalue weighted by Crippen LogP contribution is -2.41. The van der Waals surface area contributed by atoms with Crippen molar-refractivity contribution in [1.82, 2.24) is 4.90 Å². The van der Waals surface area contributed by atoms with Gasteiger partial charge >= 0.3 is 0 Å². The van der Waals surface area contributed by atoms with Gasteiger partial charge in [-0.1, -0.05) is 36.9 Å². The van der Waals surface area contributed by atoms with E-state index in [9.17, 15) is 14.9 Å². The minimum atomic E-state index is -0.560. The maximum atomic E-state index is 12.7. The fraction of sp³-hybridized carbons (Fsp3) is 0.533. The lowest BCUT2D eigenvalue weighted by atomic mass is 9.93. The number of nitrogens with zero attached hydrogens (tertiary/aromatic N) is 2. The summed E-state index contributed by atoms with van der Waals surface area (Å²) in [5, 5.41) is 10.9. The molecule has 6 heteroatoms. The summed E-state index contributed by atoms with van der Waals surface area (Å²) in [7, 11) is 0. The topological polar surface area (TPSA) is 63.5 Å². The molecule has 1 saturated carbocycles. The van der Waals surface area contributed by atoms with Gasteiger partial charge < -0.3 is 4.90 Å². The maximum Gasteiger partial charge on any atom is 0.288 e. The van der Waals surface area contributed by atoms with Gasteiger partial charge in [0.2, 0.25) is 0 Å². The normalized spacial score (nSPS) is 15.7. The molecule has 0 aliphatic heterocycles. The lowest BCUT2D eigenvalue weighted by Gasteiger charge is -2.33. The Morgan fingerprint density at radius 3 is 2.62 bits per heavy atom. The van der Waals surface area contributed by atoms with Crippen LogP contribution in [0.25, 0.3) is 0 Å². The number of hydrogen-bond donors (Lipinski definition) is 0. The molecular weight excluding hydrogens is 292 g/mol. The molecule has 0 unspecified atom stereocenters. The zero-order valence-electron chi connectivity index (χ0n) is 12.0. The Balaban J connectivity index is 2.29. The summed E-state index contributed by atoms with van der Waals surface area (Å²) in [5.74, 6) is -0.210. The van der Waals surface area contributed by atoms with Crippen molar-refractivity contribution < 1.29 is 9.72 Å². The lowest BCUT2D eigenvalue weighted by molar-refractivity contribution is -0.384. The van der Waals surface area contributed by atoms with Crippen LogP contribution in [0.2, 0.25) is 5.02 Å². The number of benzene rings is 1. The van der Waals surface area contributed by atoms with Crippen molar-refractivity contribution in [2.45, 2.75) is 45.1 Å². The second-order valence-electron chi connectivity index (χ2n) is 5.28. The minimum Gasteiger partial charge on any atom is -0.336 e. The fourth-order valence-corrected chi connectivity index (χ4v) is 3.22. The summed E-state index contributed by atoms with van der Waals surface area (Å²) < 4.78 is 0. The van der Waals surface area contributed by atoms with Crippen LogP contribution in [0.3, 0.4) is 0 Å². The highest BCUT2D eigenvalue weighted by molar-refractivity contribution is 6.35. The standard InChI is InChI=1S/C15H19ClN2O3/c1-2-17(11-7-4-3-5-8-11)15(19)12-9-6-10-13(14(12)16)18(20)21/h6,9-11H,2-5,7-8H2,1H3. The molecule has 2 rings (SSSR count). The Hall–Kier alpha value is -1.62. The molecule has 1 aliphatic rings.